The second kappa shape index (κ2) is 6.68. The SMILES string of the molecule is CC(C)OCCS(=O)(=O)N1CCCC(CO)C1. The van der Waals surface area contributed by atoms with Crippen molar-refractivity contribution in [1.82, 2.24) is 4.31 Å². The van der Waals surface area contributed by atoms with Crippen LogP contribution in [-0.4, -0.2) is 56.0 Å². The maximum Gasteiger partial charge on any atom is 0.216 e. The van der Waals surface area contributed by atoms with Crippen molar-refractivity contribution in [3.8, 4) is 0 Å². The van der Waals surface area contributed by atoms with E-state index in [1.54, 1.807) is 0 Å². The molecular formula is C11H23NO4S. The topological polar surface area (TPSA) is 66.8 Å². The molecule has 5 nitrogen and oxygen atoms in total. The van der Waals surface area contributed by atoms with Gasteiger partial charge in [0.1, 0.15) is 0 Å². The Morgan fingerprint density at radius 2 is 2.18 bits per heavy atom. The van der Waals surface area contributed by atoms with Gasteiger partial charge in [-0.15, -0.1) is 0 Å². The molecule has 0 bridgehead atoms. The van der Waals surface area contributed by atoms with E-state index >= 15 is 0 Å². The Balaban J connectivity index is 2.46. The van der Waals surface area contributed by atoms with E-state index in [0.29, 0.717) is 13.1 Å². The zero-order chi connectivity index (χ0) is 12.9. The first-order chi connectivity index (χ1) is 7.95. The highest BCUT2D eigenvalue weighted by atomic mass is 32.2. The fraction of sp³-hybridized carbons (Fsp3) is 1.00. The summed E-state index contributed by atoms with van der Waals surface area (Å²) in [6.45, 7) is 5.08. The van der Waals surface area contributed by atoms with Crippen LogP contribution in [0.3, 0.4) is 0 Å². The number of sulfonamides is 1. The van der Waals surface area contributed by atoms with E-state index in [9.17, 15) is 8.42 Å². The van der Waals surface area contributed by atoms with E-state index in [1.165, 1.54) is 4.31 Å². The lowest BCUT2D eigenvalue weighted by atomic mass is 10.0. The average Bonchev–Trinajstić information content (AvgIpc) is 2.28. The maximum atomic E-state index is 12.0. The van der Waals surface area contributed by atoms with Crippen molar-refractivity contribution in [2.45, 2.75) is 32.8 Å². The summed E-state index contributed by atoms with van der Waals surface area (Å²) in [4.78, 5) is 0. The normalized spacial score (nSPS) is 23.2. The third-order valence-corrected chi connectivity index (χ3v) is 4.73. The number of hydrogen-bond donors (Lipinski definition) is 1. The van der Waals surface area contributed by atoms with E-state index in [0.717, 1.165) is 12.8 Å². The molecule has 1 N–H and O–H groups in total. The maximum absolute atomic E-state index is 12.0. The number of piperidine rings is 1. The van der Waals surface area contributed by atoms with Gasteiger partial charge in [0, 0.05) is 19.7 Å². The second-order valence-corrected chi connectivity index (χ2v) is 6.87. The van der Waals surface area contributed by atoms with Gasteiger partial charge in [-0.2, -0.15) is 0 Å². The molecule has 0 spiro atoms. The average molecular weight is 265 g/mol. The van der Waals surface area contributed by atoms with Crippen LogP contribution in [0, 0.1) is 5.92 Å². The van der Waals surface area contributed by atoms with Crippen LogP contribution in [0.25, 0.3) is 0 Å². The molecule has 1 rings (SSSR count). The Morgan fingerprint density at radius 3 is 2.76 bits per heavy atom. The molecule has 102 valence electrons. The molecule has 1 heterocycles. The Labute approximate surface area is 104 Å². The minimum atomic E-state index is -3.22. The van der Waals surface area contributed by atoms with E-state index in [-0.39, 0.29) is 31.0 Å². The Hall–Kier alpha value is -0.170. The fourth-order valence-corrected chi connectivity index (χ4v) is 3.36. The van der Waals surface area contributed by atoms with Gasteiger partial charge in [0.05, 0.1) is 18.5 Å². The van der Waals surface area contributed by atoms with Crippen molar-refractivity contribution in [2.24, 2.45) is 5.92 Å². The standard InChI is InChI=1S/C11H23NO4S/c1-10(2)16-6-7-17(14,15)12-5-3-4-11(8-12)9-13/h10-11,13H,3-9H2,1-2H3. The first-order valence-corrected chi connectivity index (χ1v) is 7.77. The molecule has 0 radical (unpaired) electrons. The van der Waals surface area contributed by atoms with Crippen LogP contribution in [0.4, 0.5) is 0 Å². The summed E-state index contributed by atoms with van der Waals surface area (Å²) in [5.74, 6) is 0.119. The predicted octanol–water partition coefficient (Wildman–Crippen LogP) is 0.446. The molecule has 6 heteroatoms. The number of rotatable bonds is 6. The summed E-state index contributed by atoms with van der Waals surface area (Å²) in [5.41, 5.74) is 0. The summed E-state index contributed by atoms with van der Waals surface area (Å²) in [6, 6.07) is 0. The molecule has 17 heavy (non-hydrogen) atoms. The molecule has 1 aliphatic heterocycles. The molecular weight excluding hydrogens is 242 g/mol. The van der Waals surface area contributed by atoms with Crippen LogP contribution in [-0.2, 0) is 14.8 Å². The van der Waals surface area contributed by atoms with Crippen molar-refractivity contribution < 1.29 is 18.3 Å². The first kappa shape index (κ1) is 14.9. The van der Waals surface area contributed by atoms with Crippen molar-refractivity contribution >= 4 is 10.0 Å². The van der Waals surface area contributed by atoms with Gasteiger partial charge in [0.15, 0.2) is 0 Å². The fourth-order valence-electron chi connectivity index (χ4n) is 1.95. The third-order valence-electron chi connectivity index (χ3n) is 2.93. The molecule has 0 aromatic heterocycles. The highest BCUT2D eigenvalue weighted by molar-refractivity contribution is 7.89. The summed E-state index contributed by atoms with van der Waals surface area (Å²) in [7, 11) is -3.22. The molecule has 1 unspecified atom stereocenters. The molecule has 1 aliphatic rings. The van der Waals surface area contributed by atoms with Gasteiger partial charge in [-0.25, -0.2) is 12.7 Å². The minimum absolute atomic E-state index is 0.0311. The highest BCUT2D eigenvalue weighted by Crippen LogP contribution is 2.18. The van der Waals surface area contributed by atoms with Crippen molar-refractivity contribution in [3.05, 3.63) is 0 Å². The lowest BCUT2D eigenvalue weighted by Crippen LogP contribution is -2.42. The quantitative estimate of drug-likeness (QED) is 0.757. The van der Waals surface area contributed by atoms with Gasteiger partial charge in [0.2, 0.25) is 10.0 Å². The van der Waals surface area contributed by atoms with Gasteiger partial charge in [-0.3, -0.25) is 0 Å². The summed E-state index contributed by atoms with van der Waals surface area (Å²) in [6.07, 6.45) is 1.79. The monoisotopic (exact) mass is 265 g/mol. The first-order valence-electron chi connectivity index (χ1n) is 6.16. The third kappa shape index (κ3) is 4.91. The van der Waals surface area contributed by atoms with Crippen molar-refractivity contribution in [3.63, 3.8) is 0 Å². The smallest absolute Gasteiger partial charge is 0.216 e. The number of ether oxygens (including phenoxy) is 1. The largest absolute Gasteiger partial charge is 0.396 e. The molecule has 0 saturated carbocycles. The Morgan fingerprint density at radius 1 is 1.47 bits per heavy atom. The Kier molecular flexibility index (Phi) is 5.85. The van der Waals surface area contributed by atoms with Gasteiger partial charge in [-0.05, 0) is 32.6 Å². The van der Waals surface area contributed by atoms with Crippen LogP contribution < -0.4 is 0 Å². The van der Waals surface area contributed by atoms with E-state index in [1.807, 2.05) is 13.8 Å². The van der Waals surface area contributed by atoms with E-state index in [2.05, 4.69) is 0 Å². The van der Waals surface area contributed by atoms with Crippen molar-refractivity contribution in [1.29, 1.82) is 0 Å². The lowest BCUT2D eigenvalue weighted by molar-refractivity contribution is 0.0902. The summed E-state index contributed by atoms with van der Waals surface area (Å²) in [5, 5.41) is 9.08. The van der Waals surface area contributed by atoms with Crippen LogP contribution >= 0.6 is 0 Å². The molecule has 1 fully saturated rings. The predicted molar refractivity (Wildman–Crippen MR) is 66.3 cm³/mol. The molecule has 0 aromatic carbocycles. The molecule has 0 aromatic rings. The van der Waals surface area contributed by atoms with Crippen molar-refractivity contribution in [2.75, 3.05) is 32.1 Å². The summed E-state index contributed by atoms with van der Waals surface area (Å²) >= 11 is 0. The zero-order valence-electron chi connectivity index (χ0n) is 10.6. The molecule has 0 aliphatic carbocycles. The van der Waals surface area contributed by atoms with E-state index < -0.39 is 10.0 Å². The number of aliphatic hydroxyl groups excluding tert-OH is 1. The molecule has 1 atom stereocenters. The van der Waals surface area contributed by atoms with Crippen LogP contribution in [0.2, 0.25) is 0 Å². The number of hydrogen-bond acceptors (Lipinski definition) is 4. The molecule has 1 saturated heterocycles. The molecule has 0 amide bonds. The highest BCUT2D eigenvalue weighted by Gasteiger charge is 2.28. The van der Waals surface area contributed by atoms with E-state index in [4.69, 9.17) is 9.84 Å². The van der Waals surface area contributed by atoms with Crippen LogP contribution in [0.5, 0.6) is 0 Å². The number of nitrogens with zero attached hydrogens (tertiary/aromatic N) is 1. The lowest BCUT2D eigenvalue weighted by Gasteiger charge is -2.31. The summed E-state index contributed by atoms with van der Waals surface area (Å²) < 4.78 is 30.7. The van der Waals surface area contributed by atoms with Gasteiger partial charge in [0.25, 0.3) is 0 Å². The Bertz CT molecular complexity index is 315. The zero-order valence-corrected chi connectivity index (χ0v) is 11.4. The minimum Gasteiger partial charge on any atom is -0.396 e. The number of aliphatic hydroxyl groups is 1. The van der Waals surface area contributed by atoms with Crippen LogP contribution in [0.15, 0.2) is 0 Å². The van der Waals surface area contributed by atoms with Gasteiger partial charge < -0.3 is 9.84 Å². The van der Waals surface area contributed by atoms with Gasteiger partial charge in [-0.1, -0.05) is 0 Å². The van der Waals surface area contributed by atoms with Crippen LogP contribution in [0.1, 0.15) is 26.7 Å². The second-order valence-electron chi connectivity index (χ2n) is 4.78. The van der Waals surface area contributed by atoms with Gasteiger partial charge >= 0.3 is 0 Å².